The summed E-state index contributed by atoms with van der Waals surface area (Å²) in [6.45, 7) is 12.9. The number of hydrogen-bond donors (Lipinski definition) is 0. The summed E-state index contributed by atoms with van der Waals surface area (Å²) in [7, 11) is 0. The Hall–Kier alpha value is 0. The van der Waals surface area contributed by atoms with Crippen molar-refractivity contribution >= 4 is 0 Å². The second kappa shape index (κ2) is 7.68. The zero-order valence-electron chi connectivity index (χ0n) is 19.2. The quantitative estimate of drug-likeness (QED) is 0.453. The third kappa shape index (κ3) is 3.44. The van der Waals surface area contributed by atoms with Gasteiger partial charge in [0.1, 0.15) is 0 Å². The zero-order valence-corrected chi connectivity index (χ0v) is 19.2. The van der Waals surface area contributed by atoms with Crippen molar-refractivity contribution in [3.05, 3.63) is 0 Å². The minimum atomic E-state index is 0.677. The van der Waals surface area contributed by atoms with Gasteiger partial charge in [-0.3, -0.25) is 0 Å². The van der Waals surface area contributed by atoms with Crippen molar-refractivity contribution < 1.29 is 0 Å². The van der Waals surface area contributed by atoms with Crippen molar-refractivity contribution in [2.24, 2.45) is 52.3 Å². The smallest absolute Gasteiger partial charge is 0.0264 e. The predicted octanol–water partition coefficient (Wildman–Crippen LogP) is 8.50. The monoisotopic (exact) mass is 372 g/mol. The largest absolute Gasteiger partial charge is 0.0628 e. The normalized spacial score (nSPS) is 48.0. The SMILES string of the molecule is CC(C)CCC[C@@H](C)[C@H]1CCC2C3CC[C@H]4CCCC[C@]4(C)C3CC[C@@]21C. The Labute approximate surface area is 170 Å². The lowest BCUT2D eigenvalue weighted by Gasteiger charge is -2.61. The van der Waals surface area contributed by atoms with Gasteiger partial charge in [0.25, 0.3) is 0 Å². The maximum atomic E-state index is 2.75. The molecule has 4 fully saturated rings. The first kappa shape index (κ1) is 20.3. The lowest BCUT2D eigenvalue weighted by molar-refractivity contribution is -0.114. The molecule has 0 aromatic rings. The summed E-state index contributed by atoms with van der Waals surface area (Å²) in [5.41, 5.74) is 1.39. The van der Waals surface area contributed by atoms with Gasteiger partial charge in [-0.25, -0.2) is 0 Å². The maximum Gasteiger partial charge on any atom is -0.0264 e. The highest BCUT2D eigenvalue weighted by molar-refractivity contribution is 5.09. The molecule has 0 nitrogen and oxygen atoms in total. The van der Waals surface area contributed by atoms with Crippen LogP contribution in [0.1, 0.15) is 118 Å². The van der Waals surface area contributed by atoms with E-state index in [0.717, 1.165) is 41.4 Å². The van der Waals surface area contributed by atoms with Crippen LogP contribution in [0.25, 0.3) is 0 Å². The van der Waals surface area contributed by atoms with Crippen LogP contribution in [-0.2, 0) is 0 Å². The molecule has 0 spiro atoms. The van der Waals surface area contributed by atoms with Crippen LogP contribution >= 0.6 is 0 Å². The molecule has 0 amide bonds. The van der Waals surface area contributed by atoms with Gasteiger partial charge >= 0.3 is 0 Å². The van der Waals surface area contributed by atoms with Crippen LogP contribution in [0.2, 0.25) is 0 Å². The first-order chi connectivity index (χ1) is 12.9. The first-order valence-corrected chi connectivity index (χ1v) is 12.9. The maximum absolute atomic E-state index is 2.75. The summed E-state index contributed by atoms with van der Waals surface area (Å²) in [6.07, 6.45) is 19.9. The molecular formula is C27H48. The van der Waals surface area contributed by atoms with E-state index in [1.54, 1.807) is 51.4 Å². The number of hydrogen-bond acceptors (Lipinski definition) is 0. The summed E-state index contributed by atoms with van der Waals surface area (Å²) < 4.78 is 0. The first-order valence-electron chi connectivity index (χ1n) is 12.9. The van der Waals surface area contributed by atoms with E-state index in [-0.39, 0.29) is 0 Å². The van der Waals surface area contributed by atoms with Gasteiger partial charge in [0.2, 0.25) is 0 Å². The molecule has 0 radical (unpaired) electrons. The fraction of sp³-hybridized carbons (Fsp3) is 1.00. The van der Waals surface area contributed by atoms with Crippen molar-refractivity contribution in [2.75, 3.05) is 0 Å². The molecule has 156 valence electrons. The molecule has 27 heavy (non-hydrogen) atoms. The van der Waals surface area contributed by atoms with Crippen molar-refractivity contribution in [3.8, 4) is 0 Å². The molecule has 0 N–H and O–H groups in total. The summed E-state index contributed by atoms with van der Waals surface area (Å²) >= 11 is 0. The highest BCUT2D eigenvalue weighted by Crippen LogP contribution is 2.68. The van der Waals surface area contributed by atoms with Crippen LogP contribution in [-0.4, -0.2) is 0 Å². The van der Waals surface area contributed by atoms with E-state index in [0.29, 0.717) is 10.8 Å². The lowest BCUT2D eigenvalue weighted by Crippen LogP contribution is -2.53. The number of rotatable bonds is 5. The average molecular weight is 373 g/mol. The summed E-state index contributed by atoms with van der Waals surface area (Å²) in [4.78, 5) is 0. The Morgan fingerprint density at radius 3 is 2.30 bits per heavy atom. The van der Waals surface area contributed by atoms with E-state index in [2.05, 4.69) is 34.6 Å². The van der Waals surface area contributed by atoms with Crippen LogP contribution in [0.5, 0.6) is 0 Å². The van der Waals surface area contributed by atoms with Gasteiger partial charge in [-0.05, 0) is 104 Å². The molecule has 0 aromatic heterocycles. The van der Waals surface area contributed by atoms with Gasteiger partial charge in [-0.1, -0.05) is 66.7 Å². The molecule has 0 heteroatoms. The Morgan fingerprint density at radius 2 is 1.52 bits per heavy atom. The predicted molar refractivity (Wildman–Crippen MR) is 118 cm³/mol. The fourth-order valence-electron chi connectivity index (χ4n) is 9.32. The average Bonchev–Trinajstić information content (AvgIpc) is 2.98. The summed E-state index contributed by atoms with van der Waals surface area (Å²) in [5.74, 6) is 7.15. The Balaban J connectivity index is 1.46. The van der Waals surface area contributed by atoms with Crippen LogP contribution in [0.4, 0.5) is 0 Å². The highest BCUT2D eigenvalue weighted by atomic mass is 14.6. The molecule has 4 saturated carbocycles. The highest BCUT2D eigenvalue weighted by Gasteiger charge is 2.59. The van der Waals surface area contributed by atoms with Crippen LogP contribution in [0, 0.1) is 52.3 Å². The molecule has 0 bridgehead atoms. The van der Waals surface area contributed by atoms with Gasteiger partial charge in [0.15, 0.2) is 0 Å². The van der Waals surface area contributed by atoms with Crippen molar-refractivity contribution in [2.45, 2.75) is 118 Å². The molecule has 0 aliphatic heterocycles. The second-order valence-electron chi connectivity index (χ2n) is 12.4. The third-order valence-corrected chi connectivity index (χ3v) is 10.8. The Morgan fingerprint density at radius 1 is 0.741 bits per heavy atom. The zero-order chi connectivity index (χ0) is 19.2. The molecule has 4 aliphatic carbocycles. The van der Waals surface area contributed by atoms with E-state index in [1.165, 1.54) is 32.1 Å². The van der Waals surface area contributed by atoms with Crippen molar-refractivity contribution in [1.29, 1.82) is 0 Å². The van der Waals surface area contributed by atoms with Gasteiger partial charge < -0.3 is 0 Å². The molecule has 3 unspecified atom stereocenters. The van der Waals surface area contributed by atoms with Gasteiger partial charge in [-0.15, -0.1) is 0 Å². The summed E-state index contributed by atoms with van der Waals surface area (Å²) in [5, 5.41) is 0. The van der Waals surface area contributed by atoms with Gasteiger partial charge in [0, 0.05) is 0 Å². The van der Waals surface area contributed by atoms with Crippen LogP contribution in [0.15, 0.2) is 0 Å². The van der Waals surface area contributed by atoms with E-state index in [9.17, 15) is 0 Å². The lowest BCUT2D eigenvalue weighted by atomic mass is 9.44. The molecule has 0 heterocycles. The molecule has 8 atom stereocenters. The minimum absolute atomic E-state index is 0.677. The van der Waals surface area contributed by atoms with E-state index < -0.39 is 0 Å². The molecule has 4 rings (SSSR count). The Bertz CT molecular complexity index is 506. The van der Waals surface area contributed by atoms with E-state index >= 15 is 0 Å². The molecule has 4 aliphatic rings. The van der Waals surface area contributed by atoms with Crippen molar-refractivity contribution in [1.82, 2.24) is 0 Å². The molecular weight excluding hydrogens is 324 g/mol. The standard InChI is InChI=1S/C27H48/c1-19(2)9-8-10-20(3)23-14-15-24-22-13-12-21-11-6-7-17-26(21,4)25(22)16-18-27(23,24)5/h19-25H,6-18H2,1-5H3/t20-,21-,22?,23-,24?,25?,26+,27-/m1/s1. The minimum Gasteiger partial charge on any atom is -0.0628 e. The van der Waals surface area contributed by atoms with Gasteiger partial charge in [0.05, 0.1) is 0 Å². The molecule has 0 saturated heterocycles. The third-order valence-electron chi connectivity index (χ3n) is 10.8. The second-order valence-corrected chi connectivity index (χ2v) is 12.4. The van der Waals surface area contributed by atoms with E-state index in [1.807, 2.05) is 0 Å². The van der Waals surface area contributed by atoms with Crippen LogP contribution < -0.4 is 0 Å². The summed E-state index contributed by atoms with van der Waals surface area (Å²) in [6, 6.07) is 0. The Kier molecular flexibility index (Phi) is 5.77. The van der Waals surface area contributed by atoms with Crippen LogP contribution in [0.3, 0.4) is 0 Å². The van der Waals surface area contributed by atoms with Gasteiger partial charge in [-0.2, -0.15) is 0 Å². The fourth-order valence-corrected chi connectivity index (χ4v) is 9.32. The number of fused-ring (bicyclic) bond motifs is 5. The van der Waals surface area contributed by atoms with Crippen molar-refractivity contribution in [3.63, 3.8) is 0 Å². The van der Waals surface area contributed by atoms with E-state index in [4.69, 9.17) is 0 Å². The topological polar surface area (TPSA) is 0 Å². The molecule has 0 aromatic carbocycles.